The third-order valence-electron chi connectivity index (χ3n) is 4.41. The summed E-state index contributed by atoms with van der Waals surface area (Å²) in [5.74, 6) is -4.58. The molecule has 0 radical (unpaired) electrons. The smallest absolute Gasteiger partial charge is 0.326 e. The fourth-order valence-corrected chi connectivity index (χ4v) is 2.77. The van der Waals surface area contributed by atoms with Gasteiger partial charge in [0.05, 0.1) is 31.7 Å². The first-order chi connectivity index (χ1) is 15.7. The molecular formula is C18H25N9O6. The maximum absolute atomic E-state index is 12.6. The van der Waals surface area contributed by atoms with Crippen LogP contribution in [-0.4, -0.2) is 79.3 Å². The van der Waals surface area contributed by atoms with Gasteiger partial charge in [0.1, 0.15) is 12.1 Å². The van der Waals surface area contributed by atoms with E-state index in [4.69, 9.17) is 11.5 Å². The molecule has 2 rings (SSSR count). The van der Waals surface area contributed by atoms with Crippen molar-refractivity contribution in [1.29, 1.82) is 0 Å². The van der Waals surface area contributed by atoms with Crippen molar-refractivity contribution in [3.05, 3.63) is 36.4 Å². The summed E-state index contributed by atoms with van der Waals surface area (Å²) < 4.78 is 0. The number of H-pyrrole nitrogens is 2. The monoisotopic (exact) mass is 463 g/mol. The van der Waals surface area contributed by atoms with Crippen LogP contribution in [0.25, 0.3) is 0 Å². The lowest BCUT2D eigenvalue weighted by Gasteiger charge is -2.21. The summed E-state index contributed by atoms with van der Waals surface area (Å²) >= 11 is 0. The Bertz CT molecular complexity index is 960. The first-order valence-electron chi connectivity index (χ1n) is 9.74. The van der Waals surface area contributed by atoms with Crippen LogP contribution in [0.3, 0.4) is 0 Å². The van der Waals surface area contributed by atoms with E-state index in [0.29, 0.717) is 11.4 Å². The summed E-state index contributed by atoms with van der Waals surface area (Å²) in [6.45, 7) is -0.480. The molecule has 15 heteroatoms. The molecule has 4 amide bonds. The Kier molecular flexibility index (Phi) is 9.05. The van der Waals surface area contributed by atoms with E-state index in [9.17, 15) is 29.1 Å². The maximum Gasteiger partial charge on any atom is 0.326 e. The van der Waals surface area contributed by atoms with Gasteiger partial charge in [-0.2, -0.15) is 0 Å². The van der Waals surface area contributed by atoms with E-state index in [-0.39, 0.29) is 12.8 Å². The van der Waals surface area contributed by atoms with Gasteiger partial charge in [-0.05, 0) is 0 Å². The Hall–Kier alpha value is -4.27. The molecule has 0 aliphatic rings. The highest BCUT2D eigenvalue weighted by Crippen LogP contribution is 2.02. The molecule has 15 nitrogen and oxygen atoms in total. The van der Waals surface area contributed by atoms with Gasteiger partial charge in [-0.3, -0.25) is 19.2 Å². The molecule has 0 aliphatic carbocycles. The second-order valence-corrected chi connectivity index (χ2v) is 7.08. The second-order valence-electron chi connectivity index (χ2n) is 7.08. The summed E-state index contributed by atoms with van der Waals surface area (Å²) in [6, 6.07) is -3.74. The average Bonchev–Trinajstić information content (AvgIpc) is 3.44. The molecule has 0 saturated carbocycles. The van der Waals surface area contributed by atoms with Crippen molar-refractivity contribution in [3.63, 3.8) is 0 Å². The molecule has 178 valence electrons. The number of carboxylic acid groups (broad SMARTS) is 1. The molecule has 3 atom stereocenters. The number of carboxylic acids is 1. The van der Waals surface area contributed by atoms with Gasteiger partial charge in [0.2, 0.25) is 23.6 Å². The minimum atomic E-state index is -1.57. The van der Waals surface area contributed by atoms with Gasteiger partial charge in [0.15, 0.2) is 0 Å². The highest BCUT2D eigenvalue weighted by Gasteiger charge is 2.28. The van der Waals surface area contributed by atoms with Crippen LogP contribution in [0.4, 0.5) is 0 Å². The van der Waals surface area contributed by atoms with Gasteiger partial charge in [-0.15, -0.1) is 0 Å². The molecule has 0 spiro atoms. The minimum absolute atomic E-state index is 0.0617. The van der Waals surface area contributed by atoms with Gasteiger partial charge in [0, 0.05) is 36.6 Å². The Labute approximate surface area is 187 Å². The van der Waals surface area contributed by atoms with Crippen LogP contribution in [0.1, 0.15) is 17.8 Å². The van der Waals surface area contributed by atoms with Crippen LogP contribution >= 0.6 is 0 Å². The van der Waals surface area contributed by atoms with E-state index in [1.54, 1.807) is 0 Å². The van der Waals surface area contributed by atoms with E-state index in [1.807, 2.05) is 0 Å². The Morgan fingerprint density at radius 3 is 2.06 bits per heavy atom. The lowest BCUT2D eigenvalue weighted by Crippen LogP contribution is -2.55. The Morgan fingerprint density at radius 2 is 1.55 bits per heavy atom. The topological polar surface area (TPSA) is 251 Å². The van der Waals surface area contributed by atoms with E-state index >= 15 is 0 Å². The number of nitrogens with two attached hydrogens (primary N) is 2. The number of amides is 4. The zero-order valence-electron chi connectivity index (χ0n) is 17.4. The number of hydrogen-bond acceptors (Lipinski definition) is 8. The minimum Gasteiger partial charge on any atom is -0.480 e. The van der Waals surface area contributed by atoms with Crippen molar-refractivity contribution in [2.75, 3.05) is 6.54 Å². The van der Waals surface area contributed by atoms with E-state index in [1.165, 1.54) is 25.0 Å². The molecule has 10 N–H and O–H groups in total. The van der Waals surface area contributed by atoms with Crippen molar-refractivity contribution < 1.29 is 29.1 Å². The van der Waals surface area contributed by atoms with Gasteiger partial charge in [-0.25, -0.2) is 14.8 Å². The zero-order valence-corrected chi connectivity index (χ0v) is 17.4. The molecular weight excluding hydrogens is 438 g/mol. The van der Waals surface area contributed by atoms with Gasteiger partial charge in [0.25, 0.3) is 0 Å². The SMILES string of the molecule is NC(=O)CC(NC(=O)C(Cc1cnc[nH]1)NC(=O)CNC(=O)C(N)Cc1cnc[nH]1)C(=O)O. The molecule has 2 heterocycles. The fourth-order valence-electron chi connectivity index (χ4n) is 2.77. The van der Waals surface area contributed by atoms with Gasteiger partial charge in [-0.1, -0.05) is 0 Å². The van der Waals surface area contributed by atoms with Crippen molar-refractivity contribution in [1.82, 2.24) is 35.9 Å². The number of nitrogens with one attached hydrogen (secondary N) is 5. The third kappa shape index (κ3) is 8.41. The largest absolute Gasteiger partial charge is 0.480 e. The third-order valence-corrected chi connectivity index (χ3v) is 4.41. The van der Waals surface area contributed by atoms with E-state index < -0.39 is 60.7 Å². The maximum atomic E-state index is 12.6. The van der Waals surface area contributed by atoms with Crippen LogP contribution in [-0.2, 0) is 36.8 Å². The zero-order chi connectivity index (χ0) is 24.4. The number of carbonyl (C=O) groups excluding carboxylic acids is 4. The molecule has 33 heavy (non-hydrogen) atoms. The number of aromatic amines is 2. The number of hydrogen-bond donors (Lipinski definition) is 8. The first-order valence-corrected chi connectivity index (χ1v) is 9.74. The molecule has 0 aromatic carbocycles. The lowest BCUT2D eigenvalue weighted by atomic mass is 10.1. The van der Waals surface area contributed by atoms with Crippen molar-refractivity contribution in [3.8, 4) is 0 Å². The normalized spacial score (nSPS) is 13.4. The van der Waals surface area contributed by atoms with Crippen LogP contribution in [0.15, 0.2) is 25.0 Å². The lowest BCUT2D eigenvalue weighted by molar-refractivity contribution is -0.143. The number of aliphatic carboxylic acids is 1. The van der Waals surface area contributed by atoms with Crippen LogP contribution in [0, 0.1) is 0 Å². The van der Waals surface area contributed by atoms with Crippen molar-refractivity contribution in [2.24, 2.45) is 11.5 Å². The number of primary amides is 1. The number of carbonyl (C=O) groups is 5. The first kappa shape index (κ1) is 25.0. The number of nitrogens with zero attached hydrogens (tertiary/aromatic N) is 2. The predicted molar refractivity (Wildman–Crippen MR) is 111 cm³/mol. The molecule has 3 unspecified atom stereocenters. The number of imidazole rings is 2. The van der Waals surface area contributed by atoms with Crippen LogP contribution in [0.5, 0.6) is 0 Å². The molecule has 0 aliphatic heterocycles. The summed E-state index contributed by atoms with van der Waals surface area (Å²) in [6.07, 6.45) is 5.22. The number of rotatable bonds is 13. The molecule has 0 bridgehead atoms. The van der Waals surface area contributed by atoms with Crippen LogP contribution in [0.2, 0.25) is 0 Å². The molecule has 0 fully saturated rings. The van der Waals surface area contributed by atoms with Crippen molar-refractivity contribution in [2.45, 2.75) is 37.4 Å². The van der Waals surface area contributed by atoms with Gasteiger partial charge >= 0.3 is 5.97 Å². The summed E-state index contributed by atoms with van der Waals surface area (Å²) in [7, 11) is 0. The van der Waals surface area contributed by atoms with E-state index in [0.717, 1.165) is 0 Å². The van der Waals surface area contributed by atoms with Crippen molar-refractivity contribution >= 4 is 29.6 Å². The van der Waals surface area contributed by atoms with Crippen LogP contribution < -0.4 is 27.4 Å². The second kappa shape index (κ2) is 11.9. The standard InChI is InChI=1S/C18H25N9O6/c19-11(1-9-4-21-7-24-9)16(30)23-6-15(29)26-12(2-10-5-22-8-25-10)17(31)27-13(18(32)33)3-14(20)28/h4-5,7-8,11-13H,1-3,6,19H2,(H2,20,28)(H,21,24)(H,22,25)(H,23,30)(H,26,29)(H,27,31)(H,32,33). The molecule has 2 aromatic heterocycles. The van der Waals surface area contributed by atoms with E-state index in [2.05, 4.69) is 35.9 Å². The summed E-state index contributed by atoms with van der Waals surface area (Å²) in [5, 5.41) is 16.1. The quantitative estimate of drug-likeness (QED) is 0.145. The summed E-state index contributed by atoms with van der Waals surface area (Å²) in [4.78, 5) is 72.7. The number of aromatic nitrogens is 4. The summed E-state index contributed by atoms with van der Waals surface area (Å²) in [5.41, 5.74) is 11.9. The highest BCUT2D eigenvalue weighted by molar-refractivity contribution is 5.93. The molecule has 2 aromatic rings. The Morgan fingerprint density at radius 1 is 0.939 bits per heavy atom. The van der Waals surface area contributed by atoms with Gasteiger partial charge < -0.3 is 42.5 Å². The Balaban J connectivity index is 1.96. The fraction of sp³-hybridized carbons (Fsp3) is 0.389. The average molecular weight is 463 g/mol. The predicted octanol–water partition coefficient (Wildman–Crippen LogP) is -3.71. The highest BCUT2D eigenvalue weighted by atomic mass is 16.4. The molecule has 0 saturated heterocycles.